The second-order valence-electron chi connectivity index (χ2n) is 10.1. The van der Waals surface area contributed by atoms with Crippen LogP contribution in [0.1, 0.15) is 69.5 Å². The van der Waals surface area contributed by atoms with Gasteiger partial charge in [-0.05, 0) is 91.6 Å². The molecule has 4 aromatic rings. The summed E-state index contributed by atoms with van der Waals surface area (Å²) >= 11 is 0. The molecule has 1 saturated carbocycles. The van der Waals surface area contributed by atoms with Gasteiger partial charge in [0.05, 0.1) is 18.2 Å². The van der Waals surface area contributed by atoms with Crippen molar-refractivity contribution >= 4 is 11.9 Å². The van der Waals surface area contributed by atoms with E-state index in [0.29, 0.717) is 28.4 Å². The number of hydrogen-bond donors (Lipinski definition) is 0. The van der Waals surface area contributed by atoms with E-state index in [4.69, 9.17) is 14.2 Å². The molecule has 0 aromatic heterocycles. The van der Waals surface area contributed by atoms with Crippen molar-refractivity contribution in [3.63, 3.8) is 0 Å². The van der Waals surface area contributed by atoms with Crippen LogP contribution in [0.5, 0.6) is 17.2 Å². The maximum Gasteiger partial charge on any atom is 0.343 e. The van der Waals surface area contributed by atoms with E-state index in [9.17, 15) is 9.59 Å². The number of ether oxygens (including phenoxy) is 3. The van der Waals surface area contributed by atoms with Gasteiger partial charge in [-0.2, -0.15) is 0 Å². The van der Waals surface area contributed by atoms with Gasteiger partial charge in [-0.1, -0.05) is 61.2 Å². The molecule has 0 heterocycles. The second-order valence-corrected chi connectivity index (χ2v) is 10.1. The highest BCUT2D eigenvalue weighted by Gasteiger charge is 2.35. The molecule has 0 spiro atoms. The van der Waals surface area contributed by atoms with Gasteiger partial charge in [0.25, 0.3) is 0 Å². The molecule has 1 aliphatic carbocycles. The smallest absolute Gasteiger partial charge is 0.343 e. The number of aryl methyl sites for hydroxylation is 1. The van der Waals surface area contributed by atoms with E-state index in [1.54, 1.807) is 48.5 Å². The molecule has 0 amide bonds. The van der Waals surface area contributed by atoms with E-state index in [2.05, 4.69) is 43.3 Å². The van der Waals surface area contributed by atoms with Crippen LogP contribution in [0.25, 0.3) is 0 Å². The van der Waals surface area contributed by atoms with Gasteiger partial charge in [-0.15, -0.1) is 0 Å². The fraction of sp³-hybridized carbons (Fsp3) is 0.235. The van der Waals surface area contributed by atoms with Crippen molar-refractivity contribution in [2.45, 2.75) is 44.4 Å². The molecule has 4 aromatic carbocycles. The molecule has 1 fully saturated rings. The molecular formula is C34H32O5. The van der Waals surface area contributed by atoms with Crippen molar-refractivity contribution in [3.05, 3.63) is 125 Å². The number of hydrogen-bond acceptors (Lipinski definition) is 5. The van der Waals surface area contributed by atoms with Crippen molar-refractivity contribution in [2.75, 3.05) is 7.11 Å². The van der Waals surface area contributed by atoms with Crippen LogP contribution in [0, 0.1) is 6.92 Å². The molecule has 1 aliphatic rings. The number of methoxy groups -OCH3 is 1. The molecule has 0 unspecified atom stereocenters. The molecular weight excluding hydrogens is 488 g/mol. The lowest BCUT2D eigenvalue weighted by Gasteiger charge is -2.38. The Labute approximate surface area is 229 Å². The summed E-state index contributed by atoms with van der Waals surface area (Å²) in [6.07, 6.45) is 5.94. The Bertz CT molecular complexity index is 1410. The summed E-state index contributed by atoms with van der Waals surface area (Å²) in [7, 11) is 1.34. The van der Waals surface area contributed by atoms with Crippen LogP contribution in [0.2, 0.25) is 0 Å². The van der Waals surface area contributed by atoms with Gasteiger partial charge in [0, 0.05) is 5.41 Å². The minimum atomic E-state index is -0.428. The first-order valence-electron chi connectivity index (χ1n) is 13.3. The quantitative estimate of drug-likeness (QED) is 0.182. The summed E-state index contributed by atoms with van der Waals surface area (Å²) in [4.78, 5) is 24.4. The Morgan fingerprint density at radius 3 is 1.56 bits per heavy atom. The fourth-order valence-corrected chi connectivity index (χ4v) is 5.35. The monoisotopic (exact) mass is 520 g/mol. The van der Waals surface area contributed by atoms with E-state index in [1.807, 2.05) is 12.1 Å². The summed E-state index contributed by atoms with van der Waals surface area (Å²) < 4.78 is 16.2. The highest BCUT2D eigenvalue weighted by Crippen LogP contribution is 2.45. The van der Waals surface area contributed by atoms with Crippen LogP contribution in [0.3, 0.4) is 0 Å². The summed E-state index contributed by atoms with van der Waals surface area (Å²) in [5.41, 5.74) is 4.77. The Hall–Kier alpha value is -4.38. The largest absolute Gasteiger partial charge is 0.465 e. The Kier molecular flexibility index (Phi) is 7.78. The number of rotatable bonds is 7. The average molecular weight is 521 g/mol. The molecule has 39 heavy (non-hydrogen) atoms. The summed E-state index contributed by atoms with van der Waals surface area (Å²) in [5, 5.41) is 0. The first-order chi connectivity index (χ1) is 19.0. The molecule has 5 nitrogen and oxygen atoms in total. The first kappa shape index (κ1) is 26.2. The molecule has 5 rings (SSSR count). The standard InChI is InChI=1S/C34H32O5/c1-24-6-12-27(13-7-24)34(22-4-3-5-23-34)28-14-20-31(21-15-28)39-33(36)26-10-18-30(19-11-26)38-29-16-8-25(9-17-29)32(35)37-2/h6-21H,3-5,22-23H2,1-2H3. The minimum Gasteiger partial charge on any atom is -0.465 e. The van der Waals surface area contributed by atoms with Crippen LogP contribution in [0.4, 0.5) is 0 Å². The first-order valence-corrected chi connectivity index (χ1v) is 13.3. The van der Waals surface area contributed by atoms with E-state index in [1.165, 1.54) is 43.1 Å². The Balaban J connectivity index is 1.25. The number of esters is 2. The van der Waals surface area contributed by atoms with Gasteiger partial charge in [-0.3, -0.25) is 0 Å². The highest BCUT2D eigenvalue weighted by molar-refractivity contribution is 5.91. The van der Waals surface area contributed by atoms with Crippen molar-refractivity contribution in [2.24, 2.45) is 0 Å². The van der Waals surface area contributed by atoms with Crippen LogP contribution in [-0.4, -0.2) is 19.0 Å². The van der Waals surface area contributed by atoms with Gasteiger partial charge in [-0.25, -0.2) is 9.59 Å². The van der Waals surface area contributed by atoms with E-state index in [-0.39, 0.29) is 5.41 Å². The predicted molar refractivity (Wildman–Crippen MR) is 151 cm³/mol. The van der Waals surface area contributed by atoms with Gasteiger partial charge >= 0.3 is 11.9 Å². The molecule has 0 N–H and O–H groups in total. The van der Waals surface area contributed by atoms with E-state index >= 15 is 0 Å². The van der Waals surface area contributed by atoms with Crippen LogP contribution in [0.15, 0.2) is 97.1 Å². The van der Waals surface area contributed by atoms with Crippen LogP contribution >= 0.6 is 0 Å². The maximum atomic E-state index is 12.8. The molecule has 0 atom stereocenters. The zero-order chi connectivity index (χ0) is 27.2. The summed E-state index contributed by atoms with van der Waals surface area (Å²) in [5.74, 6) is 0.821. The third-order valence-corrected chi connectivity index (χ3v) is 7.53. The number of carbonyl (C=O) groups is 2. The Morgan fingerprint density at radius 1 is 0.590 bits per heavy atom. The van der Waals surface area contributed by atoms with Crippen LogP contribution < -0.4 is 9.47 Å². The van der Waals surface area contributed by atoms with Crippen molar-refractivity contribution in [1.29, 1.82) is 0 Å². The normalized spacial score (nSPS) is 14.3. The average Bonchev–Trinajstić information content (AvgIpc) is 2.98. The molecule has 5 heteroatoms. The van der Waals surface area contributed by atoms with Gasteiger partial charge in [0.15, 0.2) is 0 Å². The van der Waals surface area contributed by atoms with E-state index in [0.717, 1.165) is 12.8 Å². The molecule has 0 bridgehead atoms. The third-order valence-electron chi connectivity index (χ3n) is 7.53. The maximum absolute atomic E-state index is 12.8. The number of benzene rings is 4. The van der Waals surface area contributed by atoms with Crippen molar-refractivity contribution < 1.29 is 23.8 Å². The third kappa shape index (κ3) is 5.88. The predicted octanol–water partition coefficient (Wildman–Crippen LogP) is 8.04. The molecule has 198 valence electrons. The van der Waals surface area contributed by atoms with Crippen LogP contribution in [-0.2, 0) is 10.2 Å². The molecule has 0 saturated heterocycles. The van der Waals surface area contributed by atoms with Gasteiger partial charge < -0.3 is 14.2 Å². The topological polar surface area (TPSA) is 61.8 Å². The van der Waals surface area contributed by atoms with Crippen molar-refractivity contribution in [3.8, 4) is 17.2 Å². The zero-order valence-electron chi connectivity index (χ0n) is 22.3. The zero-order valence-corrected chi connectivity index (χ0v) is 22.3. The SMILES string of the molecule is COC(=O)c1ccc(Oc2ccc(C(=O)Oc3ccc(C4(c5ccc(C)cc5)CCCCC4)cc3)cc2)cc1. The summed E-state index contributed by atoms with van der Waals surface area (Å²) in [6, 6.07) is 30.3. The molecule has 0 aliphatic heterocycles. The lowest BCUT2D eigenvalue weighted by Crippen LogP contribution is -2.30. The number of carbonyl (C=O) groups excluding carboxylic acids is 2. The lowest BCUT2D eigenvalue weighted by atomic mass is 9.65. The summed E-state index contributed by atoms with van der Waals surface area (Å²) in [6.45, 7) is 2.12. The highest BCUT2D eigenvalue weighted by atomic mass is 16.5. The van der Waals surface area contributed by atoms with E-state index < -0.39 is 11.9 Å². The van der Waals surface area contributed by atoms with Crippen molar-refractivity contribution in [1.82, 2.24) is 0 Å². The van der Waals surface area contributed by atoms with Gasteiger partial charge in [0.2, 0.25) is 0 Å². The minimum absolute atomic E-state index is 0.00392. The lowest BCUT2D eigenvalue weighted by molar-refractivity contribution is 0.0600. The molecule has 0 radical (unpaired) electrons. The Morgan fingerprint density at radius 2 is 1.05 bits per heavy atom. The van der Waals surface area contributed by atoms with Gasteiger partial charge in [0.1, 0.15) is 17.2 Å². The fourth-order valence-electron chi connectivity index (χ4n) is 5.35. The second kappa shape index (κ2) is 11.6.